The van der Waals surface area contributed by atoms with Gasteiger partial charge in [0.25, 0.3) is 0 Å². The molecule has 242 valence electrons. The van der Waals surface area contributed by atoms with Gasteiger partial charge >= 0.3 is 0 Å². The number of aliphatic hydroxyl groups is 9. The van der Waals surface area contributed by atoms with Crippen LogP contribution in [0.25, 0.3) is 0 Å². The van der Waals surface area contributed by atoms with Crippen molar-refractivity contribution in [3.05, 3.63) is 0 Å². The smallest absolute Gasteiger partial charge is 0.187 e. The normalized spacial score (nSPS) is 46.2. The molecule has 0 spiro atoms. The molecule has 0 aromatic rings. The average molecular weight is 603 g/mol. The van der Waals surface area contributed by atoms with Crippen LogP contribution in [-0.4, -0.2) is 170 Å². The highest BCUT2D eigenvalue weighted by molar-refractivity contribution is 4.97. The number of hydrogen-bond acceptors (Lipinski definition) is 16. The quantitative estimate of drug-likeness (QED) is 0.115. The van der Waals surface area contributed by atoms with Gasteiger partial charge in [0.2, 0.25) is 0 Å². The standard InChI is InChI=1S/C25H46O16/c1-9(2)35-22-16(32)13(29)19(10(6-26)36-22)39-23-17(33)14(30)20(11(7-27)37-23)40-24-18(34)15(31)21(12(8-28)38-24)41-25(3,4)5/h9-24,26-34H,6-8H2,1-5H3/t10?,11?,12?,13-,14-,15-,16?,17?,18?,19-,20-,21-,22+,23-,24-/m0/s1. The zero-order valence-corrected chi connectivity index (χ0v) is 23.7. The maximum Gasteiger partial charge on any atom is 0.187 e. The van der Waals surface area contributed by atoms with Gasteiger partial charge in [0.15, 0.2) is 18.9 Å². The first-order valence-corrected chi connectivity index (χ1v) is 13.6. The monoisotopic (exact) mass is 602 g/mol. The van der Waals surface area contributed by atoms with Gasteiger partial charge in [-0.05, 0) is 34.6 Å². The van der Waals surface area contributed by atoms with Crippen LogP contribution in [0.15, 0.2) is 0 Å². The Balaban J connectivity index is 1.71. The summed E-state index contributed by atoms with van der Waals surface area (Å²) >= 11 is 0. The molecule has 0 aliphatic carbocycles. The van der Waals surface area contributed by atoms with Crippen LogP contribution >= 0.6 is 0 Å². The van der Waals surface area contributed by atoms with Gasteiger partial charge < -0.3 is 79.1 Å². The first-order chi connectivity index (χ1) is 19.1. The van der Waals surface area contributed by atoms with Crippen molar-refractivity contribution in [1.82, 2.24) is 0 Å². The van der Waals surface area contributed by atoms with E-state index in [1.54, 1.807) is 34.6 Å². The third-order valence-electron chi connectivity index (χ3n) is 6.94. The number of hydrogen-bond donors (Lipinski definition) is 9. The Hall–Kier alpha value is -0.640. The summed E-state index contributed by atoms with van der Waals surface area (Å²) in [5.74, 6) is 0. The van der Waals surface area contributed by atoms with E-state index in [0.29, 0.717) is 0 Å². The molecule has 0 aromatic heterocycles. The molecular formula is C25H46O16. The summed E-state index contributed by atoms with van der Waals surface area (Å²) in [4.78, 5) is 0. The van der Waals surface area contributed by atoms with Crippen molar-refractivity contribution < 1.29 is 79.1 Å². The maximum atomic E-state index is 10.9. The van der Waals surface area contributed by atoms with Crippen LogP contribution in [0.2, 0.25) is 0 Å². The summed E-state index contributed by atoms with van der Waals surface area (Å²) in [6.45, 7) is 6.44. The van der Waals surface area contributed by atoms with Crippen molar-refractivity contribution in [3.63, 3.8) is 0 Å². The summed E-state index contributed by atoms with van der Waals surface area (Å²) in [5, 5.41) is 93.8. The fraction of sp³-hybridized carbons (Fsp3) is 1.00. The number of ether oxygens (including phenoxy) is 7. The molecule has 16 heteroatoms. The molecule has 9 N–H and O–H groups in total. The molecule has 0 bridgehead atoms. The lowest BCUT2D eigenvalue weighted by Gasteiger charge is -2.48. The highest BCUT2D eigenvalue weighted by Gasteiger charge is 2.54. The molecule has 15 atom stereocenters. The Morgan fingerprint density at radius 2 is 0.902 bits per heavy atom. The molecule has 3 aliphatic heterocycles. The molecule has 0 radical (unpaired) electrons. The second-order valence-corrected chi connectivity index (χ2v) is 11.7. The van der Waals surface area contributed by atoms with Crippen LogP contribution in [0, 0.1) is 0 Å². The molecule has 16 nitrogen and oxygen atoms in total. The molecule has 3 aliphatic rings. The summed E-state index contributed by atoms with van der Waals surface area (Å²) in [6, 6.07) is 0. The SMILES string of the molecule is CC(C)O[C@@H]1OC(CO)[C@H](O[C@@H]2OC(CO)[C@H](O[C@@H]3OC(CO)[C@H](OC(C)(C)C)[C@@H](O)C3O)[C@@H](O)C2O)[C@@H](O)C1O. The lowest BCUT2D eigenvalue weighted by molar-refractivity contribution is -0.382. The van der Waals surface area contributed by atoms with Gasteiger partial charge in [-0.3, -0.25) is 0 Å². The minimum absolute atomic E-state index is 0.378. The van der Waals surface area contributed by atoms with Crippen molar-refractivity contribution in [2.45, 2.75) is 138 Å². The molecule has 6 unspecified atom stereocenters. The Labute approximate surface area is 237 Å². The van der Waals surface area contributed by atoms with E-state index in [2.05, 4.69) is 0 Å². The Morgan fingerprint density at radius 3 is 1.27 bits per heavy atom. The van der Waals surface area contributed by atoms with E-state index in [0.717, 1.165) is 0 Å². The molecule has 3 saturated heterocycles. The molecule has 0 amide bonds. The van der Waals surface area contributed by atoms with Gasteiger partial charge in [0, 0.05) is 0 Å². The zero-order chi connectivity index (χ0) is 30.8. The van der Waals surface area contributed by atoms with E-state index in [1.807, 2.05) is 0 Å². The largest absolute Gasteiger partial charge is 0.394 e. The summed E-state index contributed by atoms with van der Waals surface area (Å²) in [7, 11) is 0. The maximum absolute atomic E-state index is 10.9. The fourth-order valence-corrected chi connectivity index (χ4v) is 4.96. The highest BCUT2D eigenvalue weighted by atomic mass is 16.8. The number of aliphatic hydroxyl groups excluding tert-OH is 9. The van der Waals surface area contributed by atoms with Crippen LogP contribution in [0.5, 0.6) is 0 Å². The minimum Gasteiger partial charge on any atom is -0.394 e. The second-order valence-electron chi connectivity index (χ2n) is 11.7. The van der Waals surface area contributed by atoms with Gasteiger partial charge in [-0.15, -0.1) is 0 Å². The zero-order valence-electron chi connectivity index (χ0n) is 23.7. The second kappa shape index (κ2) is 14.4. The third-order valence-corrected chi connectivity index (χ3v) is 6.94. The molecule has 0 saturated carbocycles. The van der Waals surface area contributed by atoms with E-state index < -0.39 is 118 Å². The Morgan fingerprint density at radius 1 is 0.561 bits per heavy atom. The third kappa shape index (κ3) is 8.10. The molecule has 41 heavy (non-hydrogen) atoms. The highest BCUT2D eigenvalue weighted by Crippen LogP contribution is 2.33. The van der Waals surface area contributed by atoms with Crippen LogP contribution in [0.1, 0.15) is 34.6 Å². The van der Waals surface area contributed by atoms with Crippen LogP contribution in [-0.2, 0) is 33.2 Å². The van der Waals surface area contributed by atoms with Gasteiger partial charge in [-0.1, -0.05) is 0 Å². The summed E-state index contributed by atoms with van der Waals surface area (Å²) < 4.78 is 39.2. The van der Waals surface area contributed by atoms with Gasteiger partial charge in [-0.2, -0.15) is 0 Å². The van der Waals surface area contributed by atoms with Crippen molar-refractivity contribution in [3.8, 4) is 0 Å². The van der Waals surface area contributed by atoms with E-state index in [9.17, 15) is 46.0 Å². The molecule has 3 fully saturated rings. The van der Waals surface area contributed by atoms with Crippen LogP contribution in [0.3, 0.4) is 0 Å². The number of rotatable bonds is 10. The van der Waals surface area contributed by atoms with Crippen molar-refractivity contribution in [2.75, 3.05) is 19.8 Å². The molecule has 3 rings (SSSR count). The van der Waals surface area contributed by atoms with Crippen molar-refractivity contribution in [2.24, 2.45) is 0 Å². The first-order valence-electron chi connectivity index (χ1n) is 13.6. The van der Waals surface area contributed by atoms with Crippen molar-refractivity contribution >= 4 is 0 Å². The Kier molecular flexibility index (Phi) is 12.3. The predicted octanol–water partition coefficient (Wildman–Crippen LogP) is -4.32. The van der Waals surface area contributed by atoms with Gasteiger partial charge in [0.1, 0.15) is 73.2 Å². The average Bonchev–Trinajstić information content (AvgIpc) is 2.90. The topological polar surface area (TPSA) is 247 Å². The predicted molar refractivity (Wildman–Crippen MR) is 134 cm³/mol. The Bertz CT molecular complexity index is 790. The van der Waals surface area contributed by atoms with E-state index in [1.165, 1.54) is 0 Å². The molecular weight excluding hydrogens is 556 g/mol. The summed E-state index contributed by atoms with van der Waals surface area (Å²) in [5.41, 5.74) is -0.755. The van der Waals surface area contributed by atoms with E-state index >= 15 is 0 Å². The van der Waals surface area contributed by atoms with Gasteiger partial charge in [-0.25, -0.2) is 0 Å². The first kappa shape index (κ1) is 34.8. The van der Waals surface area contributed by atoms with E-state index in [4.69, 9.17) is 33.2 Å². The lowest BCUT2D eigenvalue weighted by atomic mass is 9.95. The van der Waals surface area contributed by atoms with Crippen LogP contribution < -0.4 is 0 Å². The lowest BCUT2D eigenvalue weighted by Crippen LogP contribution is -2.67. The fourth-order valence-electron chi connectivity index (χ4n) is 4.96. The van der Waals surface area contributed by atoms with Gasteiger partial charge in [0.05, 0.1) is 31.5 Å². The molecule has 3 heterocycles. The van der Waals surface area contributed by atoms with Crippen molar-refractivity contribution in [1.29, 1.82) is 0 Å². The minimum atomic E-state index is -1.87. The summed E-state index contributed by atoms with van der Waals surface area (Å²) in [6.07, 6.45) is -23.1. The van der Waals surface area contributed by atoms with E-state index in [-0.39, 0.29) is 6.10 Å². The molecule has 0 aromatic carbocycles. The van der Waals surface area contributed by atoms with Crippen LogP contribution in [0.4, 0.5) is 0 Å².